The van der Waals surface area contributed by atoms with Crippen molar-refractivity contribution in [1.29, 1.82) is 0 Å². The van der Waals surface area contributed by atoms with Crippen molar-refractivity contribution in [3.63, 3.8) is 0 Å². The first-order valence-corrected chi connectivity index (χ1v) is 15.7. The molecule has 6 nitrogen and oxygen atoms in total. The molecule has 186 valence electrons. The highest BCUT2D eigenvalue weighted by atomic mass is 79.9. The van der Waals surface area contributed by atoms with Crippen molar-refractivity contribution in [2.75, 3.05) is 13.1 Å². The van der Waals surface area contributed by atoms with Crippen LogP contribution >= 0.6 is 63.7 Å². The molecular formula is C24H28Br4N2O4. The molecule has 6 rings (SSSR count). The van der Waals surface area contributed by atoms with Gasteiger partial charge in [0.25, 0.3) is 0 Å². The fourth-order valence-corrected chi connectivity index (χ4v) is 14.6. The Kier molecular flexibility index (Phi) is 5.34. The van der Waals surface area contributed by atoms with E-state index in [1.165, 1.54) is 9.80 Å². The molecule has 4 saturated carbocycles. The van der Waals surface area contributed by atoms with Gasteiger partial charge in [0.15, 0.2) is 0 Å². The van der Waals surface area contributed by atoms with Crippen molar-refractivity contribution in [2.45, 2.75) is 47.0 Å². The van der Waals surface area contributed by atoms with Gasteiger partial charge in [-0.25, -0.2) is 0 Å². The number of hydrogen-bond donors (Lipinski definition) is 0. The van der Waals surface area contributed by atoms with E-state index in [9.17, 15) is 19.2 Å². The summed E-state index contributed by atoms with van der Waals surface area (Å²) in [5.41, 5.74) is -0.226. The lowest BCUT2D eigenvalue weighted by Gasteiger charge is -2.30. The van der Waals surface area contributed by atoms with Crippen LogP contribution in [0.3, 0.4) is 0 Å². The number of alkyl halides is 4. The predicted octanol–water partition coefficient (Wildman–Crippen LogP) is 3.81. The largest absolute Gasteiger partial charge is 0.280 e. The van der Waals surface area contributed by atoms with Gasteiger partial charge in [-0.05, 0) is 34.5 Å². The third kappa shape index (κ3) is 2.63. The van der Waals surface area contributed by atoms with Gasteiger partial charge in [-0.15, -0.1) is 0 Å². The summed E-state index contributed by atoms with van der Waals surface area (Å²) in [6.45, 7) is 8.82. The first kappa shape index (κ1) is 24.5. The van der Waals surface area contributed by atoms with Gasteiger partial charge in [0.05, 0.1) is 23.7 Å². The van der Waals surface area contributed by atoms with Crippen molar-refractivity contribution in [3.05, 3.63) is 0 Å². The third-order valence-corrected chi connectivity index (χ3v) is 16.5. The topological polar surface area (TPSA) is 74.8 Å². The van der Waals surface area contributed by atoms with E-state index in [1.54, 1.807) is 0 Å². The van der Waals surface area contributed by atoms with Crippen LogP contribution in [0.5, 0.6) is 0 Å². The average Bonchev–Trinajstić information content (AvgIpc) is 3.40. The van der Waals surface area contributed by atoms with Crippen molar-refractivity contribution in [3.8, 4) is 0 Å². The Balaban J connectivity index is 1.21. The summed E-state index contributed by atoms with van der Waals surface area (Å²) in [6.07, 6.45) is 0. The van der Waals surface area contributed by atoms with Crippen LogP contribution in [0.4, 0.5) is 0 Å². The zero-order chi connectivity index (χ0) is 24.8. The van der Waals surface area contributed by atoms with E-state index >= 15 is 0 Å². The maximum Gasteiger partial charge on any atom is 0.233 e. The van der Waals surface area contributed by atoms with Crippen molar-refractivity contribution in [1.82, 2.24) is 9.80 Å². The van der Waals surface area contributed by atoms with Crippen LogP contribution in [0.1, 0.15) is 27.7 Å². The van der Waals surface area contributed by atoms with Crippen molar-refractivity contribution < 1.29 is 19.2 Å². The summed E-state index contributed by atoms with van der Waals surface area (Å²) in [5.74, 6) is -1.54. The van der Waals surface area contributed by atoms with Crippen LogP contribution in [-0.2, 0) is 19.2 Å². The number of carbonyl (C=O) groups excluding carboxylic acids is 4. The van der Waals surface area contributed by atoms with Gasteiger partial charge in [-0.2, -0.15) is 0 Å². The summed E-state index contributed by atoms with van der Waals surface area (Å²) in [6, 6.07) is 0. The zero-order valence-corrected chi connectivity index (χ0v) is 25.7. The van der Waals surface area contributed by atoms with Gasteiger partial charge in [0, 0.05) is 32.4 Å². The van der Waals surface area contributed by atoms with E-state index in [1.807, 2.05) is 0 Å². The van der Waals surface area contributed by atoms with Crippen LogP contribution in [0.25, 0.3) is 0 Å². The molecule has 0 aromatic rings. The molecule has 4 aliphatic carbocycles. The van der Waals surface area contributed by atoms with Crippen LogP contribution in [0, 0.1) is 58.2 Å². The Labute approximate surface area is 233 Å². The predicted molar refractivity (Wildman–Crippen MR) is 140 cm³/mol. The van der Waals surface area contributed by atoms with Gasteiger partial charge in [0.1, 0.15) is 0 Å². The van der Waals surface area contributed by atoms with E-state index in [2.05, 4.69) is 91.4 Å². The first-order chi connectivity index (χ1) is 15.8. The second-order valence-electron chi connectivity index (χ2n) is 12.3. The molecule has 0 spiro atoms. The first-order valence-electron chi connectivity index (χ1n) is 12.0. The summed E-state index contributed by atoms with van der Waals surface area (Å²) in [4.78, 5) is 57.0. The Morgan fingerprint density at radius 3 is 0.941 bits per heavy atom. The molecule has 2 aliphatic heterocycles. The van der Waals surface area contributed by atoms with Crippen LogP contribution in [0.15, 0.2) is 0 Å². The maximum atomic E-state index is 13.4. The molecule has 0 aromatic carbocycles. The van der Waals surface area contributed by atoms with Gasteiger partial charge in [-0.1, -0.05) is 91.4 Å². The highest BCUT2D eigenvalue weighted by molar-refractivity contribution is 9.12. The van der Waals surface area contributed by atoms with E-state index in [-0.39, 0.29) is 114 Å². The smallest absolute Gasteiger partial charge is 0.233 e. The summed E-state index contributed by atoms with van der Waals surface area (Å²) in [5, 5.41) is 0. The van der Waals surface area contributed by atoms with E-state index < -0.39 is 0 Å². The van der Waals surface area contributed by atoms with Crippen LogP contribution in [-0.4, -0.2) is 65.8 Å². The Morgan fingerprint density at radius 1 is 0.529 bits per heavy atom. The second kappa shape index (κ2) is 7.40. The number of likely N-dealkylation sites (tertiary alicyclic amines) is 2. The van der Waals surface area contributed by atoms with Crippen molar-refractivity contribution >= 4 is 87.3 Å². The number of imide groups is 2. The van der Waals surface area contributed by atoms with Crippen molar-refractivity contribution in [2.24, 2.45) is 58.2 Å². The zero-order valence-electron chi connectivity index (χ0n) is 19.4. The quantitative estimate of drug-likeness (QED) is 0.328. The Hall–Kier alpha value is 0.200. The number of amides is 4. The molecule has 4 amide bonds. The summed E-state index contributed by atoms with van der Waals surface area (Å²) < 4.78 is 0. The minimum absolute atomic E-state index is 0.0762. The lowest BCUT2D eigenvalue weighted by molar-refractivity contribution is -0.147. The van der Waals surface area contributed by atoms with Gasteiger partial charge in [0.2, 0.25) is 23.6 Å². The summed E-state index contributed by atoms with van der Waals surface area (Å²) >= 11 is 15.1. The highest BCUT2D eigenvalue weighted by Crippen LogP contribution is 2.70. The molecule has 34 heavy (non-hydrogen) atoms. The maximum absolute atomic E-state index is 13.4. The number of halogens is 4. The SMILES string of the molecule is CC1(C)C2C(Br)C(Br)C1C1C(=O)N(CCN3C(=O)C4C(C3=O)C3C(Br)C(Br)C4C3(C)C)C(=O)C12. The Morgan fingerprint density at radius 2 is 0.735 bits per heavy atom. The molecule has 12 unspecified atom stereocenters. The fraction of sp³-hybridized carbons (Fsp3) is 0.833. The second-order valence-corrected chi connectivity index (χ2v) is 16.5. The number of rotatable bonds is 3. The molecular weight excluding hydrogens is 700 g/mol. The van der Waals surface area contributed by atoms with Gasteiger partial charge in [-0.3, -0.25) is 29.0 Å². The lowest BCUT2D eigenvalue weighted by Crippen LogP contribution is -2.44. The minimum atomic E-state index is -0.324. The molecule has 2 heterocycles. The van der Waals surface area contributed by atoms with E-state index in [0.29, 0.717) is 0 Å². The van der Waals surface area contributed by atoms with Crippen LogP contribution < -0.4 is 0 Å². The standard InChI is InChI=1S/C24H28Br4N2O4/c1-23(2)11-7-8(12(23)16(26)15(11)25)20(32)29(19(7)31)5-6-30-21(33)9-10(22(30)34)14-18(28)17(27)13(9)24(14,3)4/h7-18H,5-6H2,1-4H3. The molecule has 4 bridgehead atoms. The average molecular weight is 728 g/mol. The van der Waals surface area contributed by atoms with E-state index in [4.69, 9.17) is 0 Å². The minimum Gasteiger partial charge on any atom is -0.280 e. The Bertz CT molecular complexity index is 880. The normalized spacial score (nSPS) is 51.8. The fourth-order valence-electron chi connectivity index (χ4n) is 9.22. The summed E-state index contributed by atoms with van der Waals surface area (Å²) in [7, 11) is 0. The third-order valence-electron chi connectivity index (χ3n) is 10.5. The molecule has 0 aromatic heterocycles. The molecule has 6 aliphatic rings. The number of fused-ring (bicyclic) bond motifs is 10. The lowest BCUT2D eigenvalue weighted by atomic mass is 9.79. The number of hydrogen-bond acceptors (Lipinski definition) is 4. The van der Waals surface area contributed by atoms with Gasteiger partial charge >= 0.3 is 0 Å². The van der Waals surface area contributed by atoms with Crippen LogP contribution in [0.2, 0.25) is 0 Å². The number of nitrogens with zero attached hydrogens (tertiary/aromatic N) is 2. The van der Waals surface area contributed by atoms with E-state index in [0.717, 1.165) is 0 Å². The number of carbonyl (C=O) groups is 4. The molecule has 10 heteroatoms. The van der Waals surface area contributed by atoms with Gasteiger partial charge < -0.3 is 0 Å². The molecule has 12 atom stereocenters. The molecule has 0 radical (unpaired) electrons. The monoisotopic (exact) mass is 724 g/mol. The highest BCUT2D eigenvalue weighted by Gasteiger charge is 2.75. The molecule has 0 N–H and O–H groups in total. The molecule has 6 fully saturated rings. The molecule has 2 saturated heterocycles.